The zero-order chi connectivity index (χ0) is 23.8. The third-order valence-electron chi connectivity index (χ3n) is 5.80. The van der Waals surface area contributed by atoms with E-state index < -0.39 is 4.92 Å². The summed E-state index contributed by atoms with van der Waals surface area (Å²) in [5.74, 6) is 1.58. The Morgan fingerprint density at radius 1 is 1.03 bits per heavy atom. The van der Waals surface area contributed by atoms with Gasteiger partial charge in [-0.1, -0.05) is 58.2 Å². The highest BCUT2D eigenvalue weighted by molar-refractivity contribution is 6.35. The number of rotatable bonds is 7. The fourth-order valence-corrected chi connectivity index (χ4v) is 4.62. The monoisotopic (exact) mass is 518 g/mol. The van der Waals surface area contributed by atoms with Crippen LogP contribution in [0.5, 0.6) is 11.5 Å². The SMILES string of the molecule is O=[N+]([O-])c1cc(/C(=N/OCc2ccc(Cl)cc2Cl)[C@@H]2C[C@H]2c2ccc3c(c2)OCO3)ccc1Cl. The summed E-state index contributed by atoms with van der Waals surface area (Å²) in [6.45, 7) is 0.325. The zero-order valence-corrected chi connectivity index (χ0v) is 19.8. The van der Waals surface area contributed by atoms with E-state index >= 15 is 0 Å². The molecule has 10 heteroatoms. The van der Waals surface area contributed by atoms with Crippen molar-refractivity contribution >= 4 is 46.2 Å². The molecule has 1 saturated carbocycles. The maximum absolute atomic E-state index is 11.4. The highest BCUT2D eigenvalue weighted by Gasteiger charge is 2.44. The average Bonchev–Trinajstić information content (AvgIpc) is 3.45. The molecule has 3 aromatic rings. The lowest BCUT2D eigenvalue weighted by molar-refractivity contribution is -0.384. The first-order valence-electron chi connectivity index (χ1n) is 10.4. The largest absolute Gasteiger partial charge is 0.454 e. The first kappa shape index (κ1) is 22.8. The van der Waals surface area contributed by atoms with Crippen molar-refractivity contribution in [3.05, 3.63) is 96.5 Å². The molecule has 0 unspecified atom stereocenters. The molecule has 1 heterocycles. The summed E-state index contributed by atoms with van der Waals surface area (Å²) < 4.78 is 10.9. The lowest BCUT2D eigenvalue weighted by atomic mass is 10.0. The van der Waals surface area contributed by atoms with Gasteiger partial charge in [-0.05, 0) is 48.2 Å². The van der Waals surface area contributed by atoms with Gasteiger partial charge in [-0.3, -0.25) is 10.1 Å². The molecule has 0 aromatic heterocycles. The van der Waals surface area contributed by atoms with E-state index in [2.05, 4.69) is 5.16 Å². The summed E-state index contributed by atoms with van der Waals surface area (Å²) >= 11 is 18.2. The molecular formula is C24H17Cl3N2O5. The van der Waals surface area contributed by atoms with E-state index in [9.17, 15) is 10.1 Å². The topological polar surface area (TPSA) is 83.2 Å². The van der Waals surface area contributed by atoms with Gasteiger partial charge in [0.1, 0.15) is 11.6 Å². The van der Waals surface area contributed by atoms with Gasteiger partial charge in [0.2, 0.25) is 6.79 Å². The summed E-state index contributed by atoms with van der Waals surface area (Å²) in [5, 5.41) is 16.9. The van der Waals surface area contributed by atoms with Gasteiger partial charge >= 0.3 is 0 Å². The maximum atomic E-state index is 11.4. The van der Waals surface area contributed by atoms with Crippen LogP contribution in [0, 0.1) is 16.0 Å². The van der Waals surface area contributed by atoms with E-state index in [0.29, 0.717) is 32.8 Å². The molecule has 5 rings (SSSR count). The second-order valence-electron chi connectivity index (χ2n) is 7.97. The van der Waals surface area contributed by atoms with Crippen molar-refractivity contribution in [2.75, 3.05) is 6.79 Å². The van der Waals surface area contributed by atoms with E-state index in [1.165, 1.54) is 12.1 Å². The number of nitrogens with zero attached hydrogens (tertiary/aromatic N) is 2. The Balaban J connectivity index is 1.43. The second kappa shape index (κ2) is 9.33. The first-order valence-corrected chi connectivity index (χ1v) is 11.5. The van der Waals surface area contributed by atoms with Gasteiger partial charge in [-0.15, -0.1) is 0 Å². The summed E-state index contributed by atoms with van der Waals surface area (Å²) in [6, 6.07) is 15.6. The van der Waals surface area contributed by atoms with Crippen LogP contribution in [0.15, 0.2) is 59.8 Å². The Labute approximate surface area is 209 Å². The predicted molar refractivity (Wildman–Crippen MR) is 129 cm³/mol. The molecule has 0 N–H and O–H groups in total. The number of nitro benzene ring substituents is 1. The van der Waals surface area contributed by atoms with Crippen LogP contribution in [0.4, 0.5) is 5.69 Å². The quantitative estimate of drug-likeness (QED) is 0.190. The third kappa shape index (κ3) is 4.64. The van der Waals surface area contributed by atoms with Crippen LogP contribution >= 0.6 is 34.8 Å². The van der Waals surface area contributed by atoms with E-state index in [4.69, 9.17) is 49.1 Å². The van der Waals surface area contributed by atoms with E-state index in [1.54, 1.807) is 24.3 Å². The molecule has 2 aliphatic rings. The lowest BCUT2D eigenvalue weighted by Gasteiger charge is -2.09. The zero-order valence-electron chi connectivity index (χ0n) is 17.5. The molecule has 2 atom stereocenters. The van der Waals surface area contributed by atoms with Gasteiger partial charge in [0, 0.05) is 33.2 Å². The Morgan fingerprint density at radius 2 is 1.85 bits per heavy atom. The molecule has 0 bridgehead atoms. The van der Waals surface area contributed by atoms with Crippen molar-refractivity contribution in [2.45, 2.75) is 18.9 Å². The Kier molecular flexibility index (Phi) is 6.25. The van der Waals surface area contributed by atoms with E-state index in [1.807, 2.05) is 18.2 Å². The highest BCUT2D eigenvalue weighted by atomic mass is 35.5. The summed E-state index contributed by atoms with van der Waals surface area (Å²) in [5.41, 5.74) is 2.79. The summed E-state index contributed by atoms with van der Waals surface area (Å²) in [7, 11) is 0. The first-order chi connectivity index (χ1) is 16.4. The van der Waals surface area contributed by atoms with Crippen LogP contribution in [0.25, 0.3) is 0 Å². The molecule has 0 spiro atoms. The minimum absolute atomic E-state index is 0.00170. The summed E-state index contributed by atoms with van der Waals surface area (Å²) in [6.07, 6.45) is 0.806. The molecule has 1 aliphatic heterocycles. The van der Waals surface area contributed by atoms with Crippen molar-refractivity contribution in [3.63, 3.8) is 0 Å². The van der Waals surface area contributed by atoms with Crippen molar-refractivity contribution in [2.24, 2.45) is 11.1 Å². The maximum Gasteiger partial charge on any atom is 0.288 e. The molecule has 1 aliphatic carbocycles. The fraction of sp³-hybridized carbons (Fsp3) is 0.208. The van der Waals surface area contributed by atoms with Gasteiger partial charge in [0.15, 0.2) is 11.5 Å². The molecule has 1 fully saturated rings. The van der Waals surface area contributed by atoms with Crippen LogP contribution < -0.4 is 9.47 Å². The van der Waals surface area contributed by atoms with Crippen LogP contribution in [-0.2, 0) is 11.4 Å². The van der Waals surface area contributed by atoms with Gasteiger partial charge in [0.25, 0.3) is 5.69 Å². The molecule has 3 aromatic carbocycles. The molecule has 34 heavy (non-hydrogen) atoms. The minimum Gasteiger partial charge on any atom is -0.454 e. The van der Waals surface area contributed by atoms with Crippen molar-refractivity contribution in [3.8, 4) is 11.5 Å². The number of hydrogen-bond donors (Lipinski definition) is 0. The molecular weight excluding hydrogens is 503 g/mol. The lowest BCUT2D eigenvalue weighted by Crippen LogP contribution is -2.08. The van der Waals surface area contributed by atoms with Crippen LogP contribution in [0.1, 0.15) is 29.0 Å². The number of halogens is 3. The van der Waals surface area contributed by atoms with E-state index in [0.717, 1.165) is 17.5 Å². The number of nitro groups is 1. The van der Waals surface area contributed by atoms with E-state index in [-0.39, 0.29) is 35.9 Å². The van der Waals surface area contributed by atoms with Gasteiger partial charge < -0.3 is 14.3 Å². The van der Waals surface area contributed by atoms with Crippen molar-refractivity contribution in [1.29, 1.82) is 0 Å². The highest BCUT2D eigenvalue weighted by Crippen LogP contribution is 2.51. The summed E-state index contributed by atoms with van der Waals surface area (Å²) in [4.78, 5) is 16.6. The average molecular weight is 520 g/mol. The minimum atomic E-state index is -0.514. The number of benzene rings is 3. The number of fused-ring (bicyclic) bond motifs is 1. The second-order valence-corrected chi connectivity index (χ2v) is 9.22. The Bertz CT molecular complexity index is 1310. The number of hydrogen-bond acceptors (Lipinski definition) is 6. The fourth-order valence-electron chi connectivity index (χ4n) is 3.97. The Hall–Kier alpha value is -3.00. The molecule has 0 saturated heterocycles. The standard InChI is InChI=1S/C24H17Cl3N2O5/c25-16-4-1-15(20(27)9-16)11-34-28-24(14-2-5-19(26)21(7-14)29(30)31)18-10-17(18)13-3-6-22-23(8-13)33-12-32-22/h1-9,17-18H,10-12H2/b28-24-/t17-,18+/m0/s1. The normalized spacial score (nSPS) is 18.6. The number of ether oxygens (including phenoxy) is 2. The molecule has 7 nitrogen and oxygen atoms in total. The Morgan fingerprint density at radius 3 is 2.65 bits per heavy atom. The van der Waals surface area contributed by atoms with Crippen LogP contribution in [0.3, 0.4) is 0 Å². The van der Waals surface area contributed by atoms with Gasteiger partial charge in [-0.25, -0.2) is 0 Å². The van der Waals surface area contributed by atoms with Crippen molar-refractivity contribution < 1.29 is 19.2 Å². The van der Waals surface area contributed by atoms with Crippen LogP contribution in [0.2, 0.25) is 15.1 Å². The molecule has 174 valence electrons. The molecule has 0 amide bonds. The third-order valence-corrected chi connectivity index (χ3v) is 6.71. The van der Waals surface area contributed by atoms with Gasteiger partial charge in [-0.2, -0.15) is 0 Å². The smallest absolute Gasteiger partial charge is 0.288 e. The molecule has 0 radical (unpaired) electrons. The predicted octanol–water partition coefficient (Wildman–Crippen LogP) is 7.01. The van der Waals surface area contributed by atoms with Crippen molar-refractivity contribution in [1.82, 2.24) is 0 Å². The number of oxime groups is 1. The van der Waals surface area contributed by atoms with Crippen LogP contribution in [-0.4, -0.2) is 17.4 Å². The van der Waals surface area contributed by atoms with Gasteiger partial charge in [0.05, 0.1) is 10.6 Å².